The Hall–Kier alpha value is -1.26. The van der Waals surface area contributed by atoms with Crippen LogP contribution in [-0.2, 0) is 4.79 Å². The molecule has 0 heterocycles. The molecule has 1 aliphatic carbocycles. The van der Waals surface area contributed by atoms with Crippen LogP contribution < -0.4 is 5.32 Å². The fourth-order valence-corrected chi connectivity index (χ4v) is 3.41. The molecule has 114 valence electrons. The molecule has 0 aliphatic heterocycles. The van der Waals surface area contributed by atoms with Crippen molar-refractivity contribution in [2.24, 2.45) is 5.92 Å². The van der Waals surface area contributed by atoms with Crippen molar-refractivity contribution in [2.45, 2.75) is 38.1 Å². The van der Waals surface area contributed by atoms with Crippen LogP contribution in [0.15, 0.2) is 18.2 Å². The molecule has 2 N–H and O–H groups in total. The number of aliphatic carboxylic acids is 1. The maximum atomic E-state index is 12.3. The van der Waals surface area contributed by atoms with E-state index in [0.717, 1.165) is 12.8 Å². The zero-order valence-electron chi connectivity index (χ0n) is 11.7. The molecule has 2 atom stereocenters. The van der Waals surface area contributed by atoms with Crippen LogP contribution in [0.1, 0.15) is 43.0 Å². The fourth-order valence-electron chi connectivity index (χ4n) is 2.89. The van der Waals surface area contributed by atoms with Crippen molar-refractivity contribution in [3.8, 4) is 0 Å². The molecule has 0 saturated heterocycles. The van der Waals surface area contributed by atoms with E-state index in [1.54, 1.807) is 0 Å². The van der Waals surface area contributed by atoms with Crippen molar-refractivity contribution in [1.82, 2.24) is 5.32 Å². The zero-order chi connectivity index (χ0) is 15.6. The van der Waals surface area contributed by atoms with E-state index in [2.05, 4.69) is 5.32 Å². The van der Waals surface area contributed by atoms with E-state index in [1.807, 2.05) is 6.92 Å². The van der Waals surface area contributed by atoms with Gasteiger partial charge in [-0.25, -0.2) is 4.79 Å². The van der Waals surface area contributed by atoms with E-state index in [1.165, 1.54) is 18.2 Å². The van der Waals surface area contributed by atoms with Crippen LogP contribution in [-0.4, -0.2) is 22.5 Å². The van der Waals surface area contributed by atoms with Crippen LogP contribution in [0.25, 0.3) is 0 Å². The highest BCUT2D eigenvalue weighted by Crippen LogP contribution is 2.33. The minimum atomic E-state index is -1.20. The molecule has 2 unspecified atom stereocenters. The van der Waals surface area contributed by atoms with Crippen molar-refractivity contribution in [1.29, 1.82) is 0 Å². The summed E-state index contributed by atoms with van der Waals surface area (Å²) in [6.45, 7) is 2.00. The molecule has 1 fully saturated rings. The van der Waals surface area contributed by atoms with Crippen LogP contribution in [0.4, 0.5) is 0 Å². The minimum Gasteiger partial charge on any atom is -0.480 e. The van der Waals surface area contributed by atoms with Gasteiger partial charge in [-0.15, -0.1) is 0 Å². The van der Waals surface area contributed by atoms with E-state index in [-0.39, 0.29) is 11.5 Å². The summed E-state index contributed by atoms with van der Waals surface area (Å²) in [6.07, 6.45) is 2.63. The van der Waals surface area contributed by atoms with Gasteiger partial charge in [0.25, 0.3) is 5.91 Å². The van der Waals surface area contributed by atoms with Gasteiger partial charge in [-0.05, 0) is 37.0 Å². The van der Waals surface area contributed by atoms with Crippen LogP contribution in [0, 0.1) is 5.92 Å². The van der Waals surface area contributed by atoms with Crippen LogP contribution in [0.3, 0.4) is 0 Å². The highest BCUT2D eigenvalue weighted by molar-refractivity contribution is 6.35. The first-order valence-electron chi connectivity index (χ1n) is 6.84. The Labute approximate surface area is 133 Å². The smallest absolute Gasteiger partial charge is 0.329 e. The molecule has 0 aromatic heterocycles. The second kappa shape index (κ2) is 6.24. The van der Waals surface area contributed by atoms with Gasteiger partial charge in [0.15, 0.2) is 0 Å². The molecular weight excluding hydrogens is 313 g/mol. The average molecular weight is 330 g/mol. The number of nitrogens with one attached hydrogen (secondary N) is 1. The molecule has 0 bridgehead atoms. The molecule has 0 radical (unpaired) electrons. The molecular formula is C15H17Cl2NO3. The number of carbonyl (C=O) groups excluding carboxylic acids is 1. The second-order valence-corrected chi connectivity index (χ2v) is 6.57. The van der Waals surface area contributed by atoms with Crippen molar-refractivity contribution < 1.29 is 14.7 Å². The average Bonchev–Trinajstić information content (AvgIpc) is 2.37. The summed E-state index contributed by atoms with van der Waals surface area (Å²) in [5, 5.41) is 12.9. The largest absolute Gasteiger partial charge is 0.480 e. The Morgan fingerprint density at radius 3 is 2.43 bits per heavy atom. The Bertz CT molecular complexity index is 556. The molecule has 1 aliphatic rings. The van der Waals surface area contributed by atoms with Crippen molar-refractivity contribution in [3.05, 3.63) is 33.8 Å². The summed E-state index contributed by atoms with van der Waals surface area (Å²) in [5.41, 5.74) is -0.935. The van der Waals surface area contributed by atoms with Gasteiger partial charge in [0.1, 0.15) is 5.54 Å². The number of carboxylic acids is 1. The monoisotopic (exact) mass is 329 g/mol. The summed E-state index contributed by atoms with van der Waals surface area (Å²) in [7, 11) is 0. The molecule has 1 amide bonds. The quantitative estimate of drug-likeness (QED) is 0.887. The Morgan fingerprint density at radius 2 is 1.90 bits per heavy atom. The molecule has 6 heteroatoms. The first kappa shape index (κ1) is 16.1. The third-order valence-corrected chi connectivity index (χ3v) is 4.32. The predicted molar refractivity (Wildman–Crippen MR) is 81.9 cm³/mol. The number of halogens is 2. The molecule has 2 rings (SSSR count). The Kier molecular flexibility index (Phi) is 4.79. The number of carboxylic acid groups (broad SMARTS) is 1. The van der Waals surface area contributed by atoms with Gasteiger partial charge >= 0.3 is 5.97 Å². The van der Waals surface area contributed by atoms with Gasteiger partial charge in [-0.1, -0.05) is 43.0 Å². The highest BCUT2D eigenvalue weighted by Gasteiger charge is 2.43. The lowest BCUT2D eigenvalue weighted by molar-refractivity contribution is -0.146. The SMILES string of the molecule is CC1CCCC(NC(=O)c2cc(Cl)cc(Cl)c2)(C(=O)O)C1. The fraction of sp³-hybridized carbons (Fsp3) is 0.467. The summed E-state index contributed by atoms with van der Waals surface area (Å²) < 4.78 is 0. The predicted octanol–water partition coefficient (Wildman–Crippen LogP) is 3.76. The van der Waals surface area contributed by atoms with Gasteiger partial charge < -0.3 is 10.4 Å². The standard InChI is InChI=1S/C15H17Cl2NO3/c1-9-3-2-4-15(8-9,14(20)21)18-13(19)10-5-11(16)7-12(17)6-10/h5-7,9H,2-4,8H2,1H3,(H,18,19)(H,20,21). The number of hydrogen-bond acceptors (Lipinski definition) is 2. The number of benzene rings is 1. The summed E-state index contributed by atoms with van der Waals surface area (Å²) in [5.74, 6) is -1.19. The lowest BCUT2D eigenvalue weighted by atomic mass is 9.76. The summed E-state index contributed by atoms with van der Waals surface area (Å²) in [4.78, 5) is 24.0. The molecule has 4 nitrogen and oxygen atoms in total. The number of hydrogen-bond donors (Lipinski definition) is 2. The van der Waals surface area contributed by atoms with Gasteiger partial charge in [0.05, 0.1) is 0 Å². The molecule has 21 heavy (non-hydrogen) atoms. The van der Waals surface area contributed by atoms with Crippen molar-refractivity contribution in [3.63, 3.8) is 0 Å². The van der Waals surface area contributed by atoms with Crippen molar-refractivity contribution >= 4 is 35.1 Å². The number of amides is 1. The lowest BCUT2D eigenvalue weighted by Crippen LogP contribution is -2.56. The van der Waals surface area contributed by atoms with Gasteiger partial charge in [-0.2, -0.15) is 0 Å². The second-order valence-electron chi connectivity index (χ2n) is 5.70. The van der Waals surface area contributed by atoms with Crippen molar-refractivity contribution in [2.75, 3.05) is 0 Å². The normalized spacial score (nSPS) is 25.4. The van der Waals surface area contributed by atoms with E-state index in [9.17, 15) is 14.7 Å². The third kappa shape index (κ3) is 3.69. The third-order valence-electron chi connectivity index (χ3n) is 3.88. The Balaban J connectivity index is 2.24. The summed E-state index contributed by atoms with van der Waals surface area (Å²) in [6, 6.07) is 4.48. The maximum absolute atomic E-state index is 12.3. The first-order chi connectivity index (χ1) is 9.82. The number of rotatable bonds is 3. The molecule has 0 spiro atoms. The first-order valence-corrected chi connectivity index (χ1v) is 7.60. The Morgan fingerprint density at radius 1 is 1.29 bits per heavy atom. The van der Waals surface area contributed by atoms with Gasteiger partial charge in [-0.3, -0.25) is 4.79 Å². The summed E-state index contributed by atoms with van der Waals surface area (Å²) >= 11 is 11.8. The number of carbonyl (C=O) groups is 2. The van der Waals surface area contributed by atoms with Crippen LogP contribution >= 0.6 is 23.2 Å². The van der Waals surface area contributed by atoms with Crippen LogP contribution in [0.2, 0.25) is 10.0 Å². The van der Waals surface area contributed by atoms with Gasteiger partial charge in [0.2, 0.25) is 0 Å². The zero-order valence-corrected chi connectivity index (χ0v) is 13.2. The lowest BCUT2D eigenvalue weighted by Gasteiger charge is -2.37. The van der Waals surface area contributed by atoms with E-state index >= 15 is 0 Å². The molecule has 1 saturated carbocycles. The molecule has 1 aromatic carbocycles. The van der Waals surface area contributed by atoms with Crippen LogP contribution in [0.5, 0.6) is 0 Å². The van der Waals surface area contributed by atoms with Gasteiger partial charge in [0, 0.05) is 15.6 Å². The maximum Gasteiger partial charge on any atom is 0.329 e. The van der Waals surface area contributed by atoms with E-state index in [4.69, 9.17) is 23.2 Å². The van der Waals surface area contributed by atoms with E-state index < -0.39 is 17.4 Å². The topological polar surface area (TPSA) is 66.4 Å². The highest BCUT2D eigenvalue weighted by atomic mass is 35.5. The molecule has 1 aromatic rings. The minimum absolute atomic E-state index is 0.262. The van der Waals surface area contributed by atoms with E-state index in [0.29, 0.717) is 22.9 Å².